The van der Waals surface area contributed by atoms with E-state index in [0.29, 0.717) is 11.1 Å². The molecule has 225 valence electrons. The van der Waals surface area contributed by atoms with Crippen molar-refractivity contribution in [1.82, 2.24) is 0 Å². The quantitative estimate of drug-likeness (QED) is 0.165. The minimum atomic E-state index is -1.68. The summed E-state index contributed by atoms with van der Waals surface area (Å²) in [5.74, 6) is 10.4. The van der Waals surface area contributed by atoms with Gasteiger partial charge in [0.2, 0.25) is 7.28 Å². The van der Waals surface area contributed by atoms with Crippen LogP contribution in [0.3, 0.4) is 0 Å². The number of ether oxygens (including phenoxy) is 2. The minimum absolute atomic E-state index is 0.0964. The molecule has 2 aliphatic carbocycles. The van der Waals surface area contributed by atoms with E-state index in [4.69, 9.17) is 9.47 Å². The standard InChI is InChI=1S/C36H42BO6/c38-33(35(40,29-17-5-1-6-18-29)30-19-7-2-8-20-30)37-25-13-14-26-42-27-15-16-28-43-34(39)36(41,31-21-9-3-10-22-31)32-23-11-4-12-24-32/h1,3,5-6,9-10,17-18,21-22,30,32,40-41H,2,4,7-8,11-12,19-20,23-28H2. The van der Waals surface area contributed by atoms with E-state index in [0.717, 1.165) is 64.2 Å². The fraction of sp³-hybridized carbons (Fsp3) is 0.500. The molecule has 2 aromatic carbocycles. The van der Waals surface area contributed by atoms with Gasteiger partial charge in [-0.05, 0) is 49.0 Å². The van der Waals surface area contributed by atoms with Crippen molar-refractivity contribution in [2.24, 2.45) is 11.8 Å². The summed E-state index contributed by atoms with van der Waals surface area (Å²) in [4.78, 5) is 26.3. The van der Waals surface area contributed by atoms with Crippen molar-refractivity contribution >= 4 is 18.9 Å². The minimum Gasteiger partial charge on any atom is -0.450 e. The van der Waals surface area contributed by atoms with Crippen molar-refractivity contribution < 1.29 is 29.3 Å². The Kier molecular flexibility index (Phi) is 12.5. The lowest BCUT2D eigenvalue weighted by molar-refractivity contribution is -0.174. The zero-order chi connectivity index (χ0) is 30.4. The van der Waals surface area contributed by atoms with Gasteiger partial charge in [-0.2, -0.15) is 0 Å². The van der Waals surface area contributed by atoms with Crippen LogP contribution in [0, 0.1) is 35.5 Å². The van der Waals surface area contributed by atoms with Gasteiger partial charge in [-0.25, -0.2) is 4.79 Å². The Labute approximate surface area is 256 Å². The van der Waals surface area contributed by atoms with Gasteiger partial charge in [0, 0.05) is 5.92 Å². The maximum absolute atomic E-state index is 13.2. The molecule has 2 N–H and O–H groups in total. The molecule has 0 amide bonds. The lowest BCUT2D eigenvalue weighted by Gasteiger charge is -2.38. The van der Waals surface area contributed by atoms with Gasteiger partial charge in [0.25, 0.3) is 0 Å². The summed E-state index contributed by atoms with van der Waals surface area (Å²) >= 11 is 0. The topological polar surface area (TPSA) is 93.1 Å². The van der Waals surface area contributed by atoms with Crippen LogP contribution in [0.2, 0.25) is 6.32 Å². The van der Waals surface area contributed by atoms with Crippen LogP contribution in [-0.2, 0) is 30.3 Å². The van der Waals surface area contributed by atoms with Gasteiger partial charge in [-0.3, -0.25) is 0 Å². The molecule has 0 spiro atoms. The second-order valence-corrected chi connectivity index (χ2v) is 11.5. The summed E-state index contributed by atoms with van der Waals surface area (Å²) in [5, 5.41) is 23.1. The maximum atomic E-state index is 13.2. The molecule has 2 atom stereocenters. The Morgan fingerprint density at radius 2 is 1.14 bits per heavy atom. The highest BCUT2D eigenvalue weighted by molar-refractivity contribution is 6.75. The molecule has 43 heavy (non-hydrogen) atoms. The highest BCUT2D eigenvalue weighted by atomic mass is 16.5. The average Bonchev–Trinajstić information content (AvgIpc) is 3.07. The summed E-state index contributed by atoms with van der Waals surface area (Å²) < 4.78 is 10.8. The number of carbonyl (C=O) groups is 2. The van der Waals surface area contributed by atoms with E-state index in [1.807, 2.05) is 48.5 Å². The number of hydrogen-bond donors (Lipinski definition) is 2. The first kappa shape index (κ1) is 32.6. The van der Waals surface area contributed by atoms with E-state index in [9.17, 15) is 19.8 Å². The maximum Gasteiger partial charge on any atom is 0.344 e. The fourth-order valence-electron chi connectivity index (χ4n) is 6.41. The molecule has 0 aliphatic heterocycles. The molecule has 4 rings (SSSR count). The molecule has 6 nitrogen and oxygen atoms in total. The molecule has 7 heteroatoms. The van der Waals surface area contributed by atoms with Crippen LogP contribution in [0.15, 0.2) is 60.7 Å². The molecule has 2 aromatic rings. The predicted molar refractivity (Wildman–Crippen MR) is 167 cm³/mol. The zero-order valence-corrected chi connectivity index (χ0v) is 24.9. The van der Waals surface area contributed by atoms with Gasteiger partial charge in [-0.1, -0.05) is 117 Å². The van der Waals surface area contributed by atoms with Gasteiger partial charge in [0.1, 0.15) is 24.5 Å². The van der Waals surface area contributed by atoms with Crippen LogP contribution in [0.1, 0.15) is 75.3 Å². The lowest BCUT2D eigenvalue weighted by atomic mass is 9.57. The SMILES string of the molecule is O=C([B]CC#CCOCC#CCOC(=O)C(O)(c1ccccc1)C1CCCCC1)C(O)(c1ccccc1)C1CCCCC1. The smallest absolute Gasteiger partial charge is 0.344 e. The average molecular weight is 582 g/mol. The van der Waals surface area contributed by atoms with Crippen molar-refractivity contribution in [3.8, 4) is 23.7 Å². The number of aliphatic hydroxyl groups is 2. The van der Waals surface area contributed by atoms with E-state index in [1.165, 1.54) is 7.28 Å². The second kappa shape index (κ2) is 16.5. The number of carbonyl (C=O) groups excluding carboxylic acids is 2. The number of hydrogen-bond acceptors (Lipinski definition) is 6. The molecule has 0 bridgehead atoms. The third kappa shape index (κ3) is 8.39. The number of rotatable bonds is 11. The first-order valence-electron chi connectivity index (χ1n) is 15.6. The van der Waals surface area contributed by atoms with Crippen LogP contribution in [-0.4, -0.2) is 49.0 Å². The van der Waals surface area contributed by atoms with Crippen LogP contribution in [0.25, 0.3) is 0 Å². The van der Waals surface area contributed by atoms with Crippen molar-refractivity contribution in [3.63, 3.8) is 0 Å². The molecule has 2 unspecified atom stereocenters. The number of esters is 1. The summed E-state index contributed by atoms with van der Waals surface area (Å²) in [6, 6.07) is 18.2. The summed E-state index contributed by atoms with van der Waals surface area (Å²) in [7, 11) is 1.48. The van der Waals surface area contributed by atoms with Crippen molar-refractivity contribution in [3.05, 3.63) is 71.8 Å². The van der Waals surface area contributed by atoms with E-state index in [-0.39, 0.29) is 43.7 Å². The van der Waals surface area contributed by atoms with Gasteiger partial charge < -0.3 is 24.5 Å². The first-order chi connectivity index (χ1) is 21.0. The lowest BCUT2D eigenvalue weighted by Crippen LogP contribution is -2.46. The van der Waals surface area contributed by atoms with Gasteiger partial charge >= 0.3 is 5.97 Å². The Morgan fingerprint density at radius 1 is 0.674 bits per heavy atom. The fourth-order valence-corrected chi connectivity index (χ4v) is 6.41. The molecule has 0 aromatic heterocycles. The van der Waals surface area contributed by atoms with Crippen LogP contribution in [0.4, 0.5) is 0 Å². The summed E-state index contributed by atoms with van der Waals surface area (Å²) in [6.07, 6.45) is 9.70. The van der Waals surface area contributed by atoms with Crippen LogP contribution < -0.4 is 0 Å². The summed E-state index contributed by atoms with van der Waals surface area (Å²) in [6.45, 7) is 0.103. The highest BCUT2D eigenvalue weighted by Gasteiger charge is 2.47. The molecule has 1 radical (unpaired) electrons. The largest absolute Gasteiger partial charge is 0.450 e. The van der Waals surface area contributed by atoms with E-state index >= 15 is 0 Å². The van der Waals surface area contributed by atoms with E-state index in [2.05, 4.69) is 23.7 Å². The van der Waals surface area contributed by atoms with Crippen molar-refractivity contribution in [2.75, 3.05) is 19.8 Å². The molecular weight excluding hydrogens is 539 g/mol. The van der Waals surface area contributed by atoms with Gasteiger partial charge in [-0.15, -0.1) is 5.92 Å². The van der Waals surface area contributed by atoms with E-state index in [1.54, 1.807) is 12.1 Å². The van der Waals surface area contributed by atoms with Crippen LogP contribution in [0.5, 0.6) is 0 Å². The normalized spacial score (nSPS) is 18.5. The van der Waals surface area contributed by atoms with Gasteiger partial charge in [0.15, 0.2) is 12.2 Å². The number of benzene rings is 2. The van der Waals surface area contributed by atoms with Gasteiger partial charge in [0.05, 0.1) is 0 Å². The van der Waals surface area contributed by atoms with Crippen molar-refractivity contribution in [1.29, 1.82) is 0 Å². The Balaban J connectivity index is 1.20. The Bertz CT molecular complexity index is 1190. The molecular formula is C36H42BO6. The third-order valence-electron chi connectivity index (χ3n) is 8.77. The summed E-state index contributed by atoms with van der Waals surface area (Å²) in [5.41, 5.74) is -2.31. The second-order valence-electron chi connectivity index (χ2n) is 11.5. The molecule has 0 saturated heterocycles. The van der Waals surface area contributed by atoms with E-state index < -0.39 is 17.2 Å². The molecule has 2 fully saturated rings. The van der Waals surface area contributed by atoms with Crippen molar-refractivity contribution in [2.45, 2.75) is 81.7 Å². The Morgan fingerprint density at radius 3 is 1.70 bits per heavy atom. The Hall–Kier alpha value is -3.36. The highest BCUT2D eigenvalue weighted by Crippen LogP contribution is 2.41. The predicted octanol–water partition coefficient (Wildman–Crippen LogP) is 5.14. The molecule has 2 saturated carbocycles. The molecule has 0 heterocycles. The first-order valence-corrected chi connectivity index (χ1v) is 15.6. The molecule has 2 aliphatic rings. The van der Waals surface area contributed by atoms with Crippen LogP contribution >= 0.6 is 0 Å². The monoisotopic (exact) mass is 581 g/mol. The zero-order valence-electron chi connectivity index (χ0n) is 24.9. The third-order valence-corrected chi connectivity index (χ3v) is 8.77.